The fourth-order valence-electron chi connectivity index (χ4n) is 3.36. The molecule has 0 saturated heterocycles. The van der Waals surface area contributed by atoms with E-state index in [1.54, 1.807) is 30.3 Å². The summed E-state index contributed by atoms with van der Waals surface area (Å²) in [7, 11) is 0. The van der Waals surface area contributed by atoms with Crippen LogP contribution in [0.3, 0.4) is 0 Å². The molecule has 0 fully saturated rings. The van der Waals surface area contributed by atoms with E-state index in [-0.39, 0.29) is 23.2 Å². The number of benzene rings is 3. The first-order valence-corrected chi connectivity index (χ1v) is 9.14. The molecular weight excluding hydrogens is 408 g/mol. The van der Waals surface area contributed by atoms with Gasteiger partial charge in [-0.15, -0.1) is 0 Å². The van der Waals surface area contributed by atoms with E-state index in [4.69, 9.17) is 5.21 Å². The van der Waals surface area contributed by atoms with Gasteiger partial charge in [-0.3, -0.25) is 19.4 Å². The highest BCUT2D eigenvalue weighted by molar-refractivity contribution is 5.93. The van der Waals surface area contributed by atoms with Gasteiger partial charge in [-0.1, -0.05) is 24.3 Å². The lowest BCUT2D eigenvalue weighted by Crippen LogP contribution is -2.39. The zero-order valence-electron chi connectivity index (χ0n) is 15.9. The molecule has 0 aliphatic carbocycles. The van der Waals surface area contributed by atoms with Crippen LogP contribution in [-0.2, 0) is 6.54 Å². The SMILES string of the molecule is O=C(NO)c1ccc(Cn2c(=O)n(-c3ccc(F)cc3F)c(=O)c3ccccc32)cc1. The van der Waals surface area contributed by atoms with E-state index in [1.165, 1.54) is 28.2 Å². The number of para-hydroxylation sites is 1. The third kappa shape index (κ3) is 3.62. The van der Waals surface area contributed by atoms with Gasteiger partial charge < -0.3 is 0 Å². The Hall–Kier alpha value is -4.11. The maximum absolute atomic E-state index is 14.4. The van der Waals surface area contributed by atoms with Gasteiger partial charge in [0.05, 0.1) is 23.1 Å². The molecule has 0 bridgehead atoms. The Labute approximate surface area is 173 Å². The number of nitrogens with one attached hydrogen (secondary N) is 1. The highest BCUT2D eigenvalue weighted by atomic mass is 19.1. The molecule has 0 aliphatic heterocycles. The summed E-state index contributed by atoms with van der Waals surface area (Å²) >= 11 is 0. The van der Waals surface area contributed by atoms with Crippen molar-refractivity contribution < 1.29 is 18.8 Å². The summed E-state index contributed by atoms with van der Waals surface area (Å²) in [5.74, 6) is -2.56. The summed E-state index contributed by atoms with van der Waals surface area (Å²) in [5.41, 5.74) is 0.819. The second kappa shape index (κ2) is 7.96. The number of halogens is 2. The lowest BCUT2D eigenvalue weighted by molar-refractivity contribution is 0.0706. The standard InChI is InChI=1S/C22H15F2N3O4/c23-15-9-10-19(17(24)11-15)27-21(29)16-3-1-2-4-18(16)26(22(27)30)12-13-5-7-14(8-6-13)20(28)25-31/h1-11,31H,12H2,(H,25,28). The van der Waals surface area contributed by atoms with Crippen molar-refractivity contribution in [1.29, 1.82) is 0 Å². The van der Waals surface area contributed by atoms with E-state index in [0.29, 0.717) is 21.7 Å². The highest BCUT2D eigenvalue weighted by Crippen LogP contribution is 2.15. The van der Waals surface area contributed by atoms with Crippen molar-refractivity contribution in [3.63, 3.8) is 0 Å². The van der Waals surface area contributed by atoms with Crippen molar-refractivity contribution in [2.45, 2.75) is 6.54 Å². The monoisotopic (exact) mass is 423 g/mol. The molecule has 1 amide bonds. The predicted molar refractivity (Wildman–Crippen MR) is 109 cm³/mol. The molecule has 0 saturated carbocycles. The molecule has 0 radical (unpaired) electrons. The summed E-state index contributed by atoms with van der Waals surface area (Å²) in [4.78, 5) is 37.7. The van der Waals surface area contributed by atoms with Crippen LogP contribution in [0.25, 0.3) is 16.6 Å². The molecule has 9 heteroatoms. The van der Waals surface area contributed by atoms with Gasteiger partial charge >= 0.3 is 5.69 Å². The number of nitrogens with zero attached hydrogens (tertiary/aromatic N) is 2. The Morgan fingerprint density at radius 2 is 1.68 bits per heavy atom. The van der Waals surface area contributed by atoms with Crippen molar-refractivity contribution in [1.82, 2.24) is 14.6 Å². The number of hydroxylamine groups is 1. The molecular formula is C22H15F2N3O4. The number of hydrogen-bond donors (Lipinski definition) is 2. The van der Waals surface area contributed by atoms with Crippen LogP contribution >= 0.6 is 0 Å². The van der Waals surface area contributed by atoms with Crippen molar-refractivity contribution in [3.8, 4) is 5.69 Å². The fraction of sp³-hybridized carbons (Fsp3) is 0.0455. The van der Waals surface area contributed by atoms with E-state index in [2.05, 4.69) is 0 Å². The van der Waals surface area contributed by atoms with Crippen molar-refractivity contribution in [2.75, 3.05) is 0 Å². The molecule has 3 aromatic carbocycles. The minimum atomic E-state index is -1.04. The van der Waals surface area contributed by atoms with Crippen molar-refractivity contribution in [3.05, 3.63) is 110 Å². The maximum Gasteiger partial charge on any atom is 0.336 e. The molecule has 2 N–H and O–H groups in total. The van der Waals surface area contributed by atoms with Gasteiger partial charge in [0, 0.05) is 11.6 Å². The van der Waals surface area contributed by atoms with Crippen LogP contribution in [0.15, 0.2) is 76.3 Å². The second-order valence-electron chi connectivity index (χ2n) is 6.76. The predicted octanol–water partition coefficient (Wildman–Crippen LogP) is 2.60. The Bertz CT molecular complexity index is 1430. The van der Waals surface area contributed by atoms with Gasteiger partial charge in [0.2, 0.25) is 0 Å². The molecule has 0 aliphatic rings. The van der Waals surface area contributed by atoms with Crippen LogP contribution in [0, 0.1) is 11.6 Å². The zero-order valence-corrected chi connectivity index (χ0v) is 15.9. The smallest absolute Gasteiger partial charge is 0.288 e. The number of rotatable bonds is 4. The Balaban J connectivity index is 1.92. The van der Waals surface area contributed by atoms with Gasteiger partial charge in [-0.2, -0.15) is 0 Å². The van der Waals surface area contributed by atoms with E-state index < -0.39 is 28.8 Å². The summed E-state index contributed by atoms with van der Waals surface area (Å²) in [6, 6.07) is 15.1. The molecule has 7 nitrogen and oxygen atoms in total. The summed E-state index contributed by atoms with van der Waals surface area (Å²) < 4.78 is 29.7. The van der Waals surface area contributed by atoms with Gasteiger partial charge in [-0.05, 0) is 42.0 Å². The zero-order chi connectivity index (χ0) is 22.1. The lowest BCUT2D eigenvalue weighted by atomic mass is 10.1. The Kier molecular flexibility index (Phi) is 5.18. The minimum Gasteiger partial charge on any atom is -0.288 e. The molecule has 156 valence electrons. The third-order valence-electron chi connectivity index (χ3n) is 4.86. The topological polar surface area (TPSA) is 93.3 Å². The molecule has 4 rings (SSSR count). The van der Waals surface area contributed by atoms with E-state index in [1.807, 2.05) is 0 Å². The third-order valence-corrected chi connectivity index (χ3v) is 4.86. The summed E-state index contributed by atoms with van der Waals surface area (Å²) in [6.07, 6.45) is 0. The molecule has 31 heavy (non-hydrogen) atoms. The average molecular weight is 423 g/mol. The van der Waals surface area contributed by atoms with Gasteiger partial charge in [0.25, 0.3) is 11.5 Å². The van der Waals surface area contributed by atoms with Crippen LogP contribution < -0.4 is 16.7 Å². The number of hydrogen-bond acceptors (Lipinski definition) is 4. The lowest BCUT2D eigenvalue weighted by Gasteiger charge is -2.15. The number of fused-ring (bicyclic) bond motifs is 1. The first-order valence-electron chi connectivity index (χ1n) is 9.14. The molecule has 0 atom stereocenters. The van der Waals surface area contributed by atoms with E-state index >= 15 is 0 Å². The minimum absolute atomic E-state index is 0.0173. The van der Waals surface area contributed by atoms with Gasteiger partial charge in [0.1, 0.15) is 11.6 Å². The Morgan fingerprint density at radius 3 is 2.35 bits per heavy atom. The molecule has 4 aromatic rings. The van der Waals surface area contributed by atoms with Gasteiger partial charge in [0.15, 0.2) is 0 Å². The normalized spacial score (nSPS) is 10.9. The van der Waals surface area contributed by atoms with E-state index in [0.717, 1.165) is 12.1 Å². The molecule has 0 spiro atoms. The fourth-order valence-corrected chi connectivity index (χ4v) is 3.36. The first kappa shape index (κ1) is 20.2. The van der Waals surface area contributed by atoms with Crippen LogP contribution in [0.5, 0.6) is 0 Å². The second-order valence-corrected chi connectivity index (χ2v) is 6.76. The summed E-state index contributed by atoms with van der Waals surface area (Å²) in [5, 5.41) is 8.90. The average Bonchev–Trinajstić information content (AvgIpc) is 2.78. The number of carbonyl (C=O) groups excluding carboxylic acids is 1. The number of amides is 1. The number of carbonyl (C=O) groups is 1. The van der Waals surface area contributed by atoms with Crippen LogP contribution in [0.1, 0.15) is 15.9 Å². The molecule has 1 aromatic heterocycles. The van der Waals surface area contributed by atoms with Crippen LogP contribution in [0.2, 0.25) is 0 Å². The highest BCUT2D eigenvalue weighted by Gasteiger charge is 2.17. The van der Waals surface area contributed by atoms with Crippen molar-refractivity contribution >= 4 is 16.8 Å². The molecule has 0 unspecified atom stereocenters. The van der Waals surface area contributed by atoms with Crippen molar-refractivity contribution in [2.24, 2.45) is 0 Å². The number of aromatic nitrogens is 2. The van der Waals surface area contributed by atoms with Crippen LogP contribution in [0.4, 0.5) is 8.78 Å². The van der Waals surface area contributed by atoms with Gasteiger partial charge in [-0.25, -0.2) is 23.6 Å². The Morgan fingerprint density at radius 1 is 0.968 bits per heavy atom. The van der Waals surface area contributed by atoms with E-state index in [9.17, 15) is 23.2 Å². The first-order chi connectivity index (χ1) is 14.9. The quantitative estimate of drug-likeness (QED) is 0.390. The largest absolute Gasteiger partial charge is 0.336 e. The molecule has 1 heterocycles. The maximum atomic E-state index is 14.4. The summed E-state index contributed by atoms with van der Waals surface area (Å²) in [6.45, 7) is 0.0173. The van der Waals surface area contributed by atoms with Crippen LogP contribution in [-0.4, -0.2) is 20.2 Å².